The second kappa shape index (κ2) is 50.8. The van der Waals surface area contributed by atoms with Crippen molar-refractivity contribution < 1.29 is 28.6 Å². The Kier molecular flexibility index (Phi) is 48.4. The molecule has 0 heterocycles. The molecule has 0 aliphatic rings. The van der Waals surface area contributed by atoms with Crippen LogP contribution in [-0.4, -0.2) is 37.2 Å². The van der Waals surface area contributed by atoms with Crippen LogP contribution in [0.1, 0.15) is 258 Å². The van der Waals surface area contributed by atoms with E-state index in [9.17, 15) is 14.4 Å². The first kappa shape index (κ1) is 59.1. The highest BCUT2D eigenvalue weighted by atomic mass is 16.6. The first-order valence-electron chi connectivity index (χ1n) is 26.3. The molecule has 0 saturated carbocycles. The number of allylic oxidation sites excluding steroid dienone is 10. The summed E-state index contributed by atoms with van der Waals surface area (Å²) in [7, 11) is 0. The lowest BCUT2D eigenvalue weighted by Gasteiger charge is -2.18. The highest BCUT2D eigenvalue weighted by molar-refractivity contribution is 5.71. The summed E-state index contributed by atoms with van der Waals surface area (Å²) in [5, 5.41) is 0. The van der Waals surface area contributed by atoms with E-state index in [-0.39, 0.29) is 37.5 Å². The molecule has 6 nitrogen and oxygen atoms in total. The van der Waals surface area contributed by atoms with Gasteiger partial charge >= 0.3 is 17.9 Å². The van der Waals surface area contributed by atoms with E-state index in [0.717, 1.165) is 64.2 Å². The largest absolute Gasteiger partial charge is 0.462 e. The van der Waals surface area contributed by atoms with Crippen molar-refractivity contribution in [3.05, 3.63) is 60.8 Å². The second-order valence-electron chi connectivity index (χ2n) is 17.4. The average Bonchev–Trinajstić information content (AvgIpc) is 3.27. The number of ether oxygens (including phenoxy) is 3. The normalized spacial score (nSPS) is 12.5. The molecule has 0 aromatic carbocycles. The van der Waals surface area contributed by atoms with Gasteiger partial charge in [0.1, 0.15) is 13.2 Å². The molecule has 0 aliphatic heterocycles. The van der Waals surface area contributed by atoms with Crippen LogP contribution in [-0.2, 0) is 28.6 Å². The zero-order chi connectivity index (χ0) is 45.1. The van der Waals surface area contributed by atoms with E-state index in [1.165, 1.54) is 148 Å². The van der Waals surface area contributed by atoms with E-state index < -0.39 is 6.10 Å². The van der Waals surface area contributed by atoms with Crippen LogP contribution < -0.4 is 0 Å². The van der Waals surface area contributed by atoms with Gasteiger partial charge in [0, 0.05) is 19.3 Å². The number of esters is 3. The van der Waals surface area contributed by atoms with Gasteiger partial charge in [0.15, 0.2) is 6.10 Å². The van der Waals surface area contributed by atoms with E-state index in [1.807, 2.05) is 0 Å². The molecule has 0 radical (unpaired) electrons. The van der Waals surface area contributed by atoms with Crippen molar-refractivity contribution in [1.82, 2.24) is 0 Å². The Balaban J connectivity index is 4.46. The fraction of sp³-hybridized carbons (Fsp3) is 0.768. The van der Waals surface area contributed by atoms with Crippen molar-refractivity contribution in [2.45, 2.75) is 264 Å². The quantitative estimate of drug-likeness (QED) is 0.0262. The van der Waals surface area contributed by atoms with Crippen molar-refractivity contribution >= 4 is 17.9 Å². The third kappa shape index (κ3) is 48.1. The van der Waals surface area contributed by atoms with Crippen LogP contribution in [0.25, 0.3) is 0 Å². The molecule has 0 spiro atoms. The molecule has 0 aromatic rings. The first-order chi connectivity index (χ1) is 30.5. The summed E-state index contributed by atoms with van der Waals surface area (Å²) >= 11 is 0. The van der Waals surface area contributed by atoms with Gasteiger partial charge in [-0.3, -0.25) is 14.4 Å². The number of carbonyl (C=O) groups is 3. The van der Waals surface area contributed by atoms with Gasteiger partial charge in [0.25, 0.3) is 0 Å². The maximum Gasteiger partial charge on any atom is 0.306 e. The van der Waals surface area contributed by atoms with Crippen molar-refractivity contribution in [2.24, 2.45) is 0 Å². The lowest BCUT2D eigenvalue weighted by atomic mass is 10.0. The Morgan fingerprint density at radius 3 is 1.03 bits per heavy atom. The minimum atomic E-state index is -0.795. The van der Waals surface area contributed by atoms with Gasteiger partial charge in [-0.25, -0.2) is 0 Å². The van der Waals surface area contributed by atoms with E-state index in [4.69, 9.17) is 14.2 Å². The Labute approximate surface area is 383 Å². The molecule has 358 valence electrons. The van der Waals surface area contributed by atoms with Gasteiger partial charge in [-0.2, -0.15) is 0 Å². The van der Waals surface area contributed by atoms with Gasteiger partial charge in [0.05, 0.1) is 0 Å². The van der Waals surface area contributed by atoms with Crippen LogP contribution in [0.5, 0.6) is 0 Å². The zero-order valence-corrected chi connectivity index (χ0v) is 40.9. The number of hydrogen-bond acceptors (Lipinski definition) is 6. The zero-order valence-electron chi connectivity index (χ0n) is 40.9. The lowest BCUT2D eigenvalue weighted by Crippen LogP contribution is -2.30. The van der Waals surface area contributed by atoms with Crippen molar-refractivity contribution in [3.8, 4) is 0 Å². The van der Waals surface area contributed by atoms with Gasteiger partial charge in [0.2, 0.25) is 0 Å². The lowest BCUT2D eigenvalue weighted by molar-refractivity contribution is -0.167. The van der Waals surface area contributed by atoms with Gasteiger partial charge in [-0.15, -0.1) is 0 Å². The number of hydrogen-bond donors (Lipinski definition) is 0. The number of carbonyl (C=O) groups excluding carboxylic acids is 3. The minimum Gasteiger partial charge on any atom is -0.462 e. The number of rotatable bonds is 47. The number of unbranched alkanes of at least 4 members (excludes halogenated alkanes) is 26. The van der Waals surface area contributed by atoms with Crippen LogP contribution in [0.2, 0.25) is 0 Å². The third-order valence-corrected chi connectivity index (χ3v) is 11.2. The van der Waals surface area contributed by atoms with Crippen LogP contribution in [0, 0.1) is 0 Å². The summed E-state index contributed by atoms with van der Waals surface area (Å²) in [6.07, 6.45) is 62.0. The first-order valence-corrected chi connectivity index (χ1v) is 26.3. The van der Waals surface area contributed by atoms with Crippen molar-refractivity contribution in [2.75, 3.05) is 13.2 Å². The van der Waals surface area contributed by atoms with E-state index in [1.54, 1.807) is 0 Å². The summed E-state index contributed by atoms with van der Waals surface area (Å²) in [5.74, 6) is -0.949. The maximum absolute atomic E-state index is 12.8. The molecule has 0 saturated heterocycles. The second-order valence-corrected chi connectivity index (χ2v) is 17.4. The highest BCUT2D eigenvalue weighted by Gasteiger charge is 2.19. The summed E-state index contributed by atoms with van der Waals surface area (Å²) in [6.45, 7) is 6.55. The van der Waals surface area contributed by atoms with Crippen LogP contribution in [0.15, 0.2) is 60.8 Å². The molecule has 0 amide bonds. The monoisotopic (exact) mass is 867 g/mol. The fourth-order valence-electron chi connectivity index (χ4n) is 7.25. The van der Waals surface area contributed by atoms with Crippen molar-refractivity contribution in [1.29, 1.82) is 0 Å². The summed E-state index contributed by atoms with van der Waals surface area (Å²) < 4.78 is 16.8. The third-order valence-electron chi connectivity index (χ3n) is 11.2. The molecule has 0 aliphatic carbocycles. The summed E-state index contributed by atoms with van der Waals surface area (Å²) in [4.78, 5) is 37.9. The summed E-state index contributed by atoms with van der Waals surface area (Å²) in [5.41, 5.74) is 0. The molecular formula is C56H98O6. The van der Waals surface area contributed by atoms with Crippen LogP contribution in [0.4, 0.5) is 0 Å². The van der Waals surface area contributed by atoms with Crippen molar-refractivity contribution in [3.63, 3.8) is 0 Å². The average molecular weight is 867 g/mol. The molecule has 6 heteroatoms. The van der Waals surface area contributed by atoms with Gasteiger partial charge in [-0.05, 0) is 83.5 Å². The predicted molar refractivity (Wildman–Crippen MR) is 265 cm³/mol. The van der Waals surface area contributed by atoms with E-state index in [2.05, 4.69) is 81.5 Å². The van der Waals surface area contributed by atoms with Crippen LogP contribution >= 0.6 is 0 Å². The Morgan fingerprint density at radius 1 is 0.323 bits per heavy atom. The molecule has 0 unspecified atom stereocenters. The topological polar surface area (TPSA) is 78.9 Å². The highest BCUT2D eigenvalue weighted by Crippen LogP contribution is 2.15. The Bertz CT molecular complexity index is 1130. The molecule has 0 N–H and O–H groups in total. The molecule has 1 atom stereocenters. The molecular weight excluding hydrogens is 769 g/mol. The molecule has 0 fully saturated rings. The molecule has 0 rings (SSSR count). The van der Waals surface area contributed by atoms with Gasteiger partial charge < -0.3 is 14.2 Å². The minimum absolute atomic E-state index is 0.0909. The predicted octanol–water partition coefficient (Wildman–Crippen LogP) is 17.3. The SMILES string of the molecule is CCCCC/C=C\C/C=C\C/C=C\C/C=C\CCCC(=O)OC[C@H](COC(=O)CCCCCCCCCCCCCC)OC(=O)CCCCCCCCC/C=C\CCCCCC. The Morgan fingerprint density at radius 2 is 0.597 bits per heavy atom. The Hall–Kier alpha value is -2.89. The van der Waals surface area contributed by atoms with Gasteiger partial charge in [-0.1, -0.05) is 216 Å². The molecule has 0 bridgehead atoms. The van der Waals surface area contributed by atoms with E-state index in [0.29, 0.717) is 19.3 Å². The smallest absolute Gasteiger partial charge is 0.306 e. The molecule has 62 heavy (non-hydrogen) atoms. The standard InChI is InChI=1S/C56H98O6/c1-4-7-10-13-16-19-22-25-27-28-30-31-34-37-40-43-46-49-55(58)61-52-53(51-60-54(57)48-45-42-39-36-33-24-21-18-15-12-9-6-3)62-56(59)50-47-44-41-38-35-32-29-26-23-20-17-14-11-8-5-2/h16,19-20,23,25,27,30-31,37,40,53H,4-15,17-18,21-22,24,26,28-29,32-36,38-39,41-52H2,1-3H3/b19-16-,23-20-,27-25-,31-30-,40-37-/t53-/m0/s1. The summed E-state index contributed by atoms with van der Waals surface area (Å²) in [6, 6.07) is 0. The van der Waals surface area contributed by atoms with Crippen LogP contribution in [0.3, 0.4) is 0 Å². The van der Waals surface area contributed by atoms with E-state index >= 15 is 0 Å². The maximum atomic E-state index is 12.8. The fourth-order valence-corrected chi connectivity index (χ4v) is 7.25. The molecule has 0 aromatic heterocycles.